The van der Waals surface area contributed by atoms with Crippen molar-refractivity contribution in [3.05, 3.63) is 70.7 Å². The zero-order valence-electron chi connectivity index (χ0n) is 13.5. The number of ketones is 1. The summed E-state index contributed by atoms with van der Waals surface area (Å²) in [6.45, 7) is 1.30. The summed E-state index contributed by atoms with van der Waals surface area (Å²) in [5, 5.41) is 0.632. The SMILES string of the molecule is O=C(c1ccc(Cl)cc1)C1CCN(C(=O)Cc2ccccc2)CC1. The predicted octanol–water partition coefficient (Wildman–Crippen LogP) is 4.00. The number of carbonyl (C=O) groups is 2. The average molecular weight is 342 g/mol. The van der Waals surface area contributed by atoms with Gasteiger partial charge in [-0.05, 0) is 42.7 Å². The number of amides is 1. The van der Waals surface area contributed by atoms with Gasteiger partial charge in [0.2, 0.25) is 5.91 Å². The van der Waals surface area contributed by atoms with E-state index in [0.29, 0.717) is 30.1 Å². The number of nitrogens with zero attached hydrogens (tertiary/aromatic N) is 1. The van der Waals surface area contributed by atoms with Gasteiger partial charge in [0.25, 0.3) is 0 Å². The molecule has 1 aliphatic heterocycles. The predicted molar refractivity (Wildman–Crippen MR) is 95.2 cm³/mol. The van der Waals surface area contributed by atoms with Crippen LogP contribution in [0.2, 0.25) is 5.02 Å². The maximum atomic E-state index is 12.5. The summed E-state index contributed by atoms with van der Waals surface area (Å²) in [6.07, 6.45) is 1.88. The van der Waals surface area contributed by atoms with Crippen molar-refractivity contribution in [1.82, 2.24) is 4.90 Å². The molecule has 0 bridgehead atoms. The van der Waals surface area contributed by atoms with Crippen LogP contribution in [0.4, 0.5) is 0 Å². The van der Waals surface area contributed by atoms with E-state index in [1.54, 1.807) is 24.3 Å². The summed E-state index contributed by atoms with van der Waals surface area (Å²) in [5.74, 6) is 0.285. The third-order valence-electron chi connectivity index (χ3n) is 4.55. The Morgan fingerprint density at radius 3 is 2.21 bits per heavy atom. The second kappa shape index (κ2) is 7.63. The molecule has 1 aliphatic rings. The molecule has 124 valence electrons. The van der Waals surface area contributed by atoms with Crippen molar-refractivity contribution in [2.45, 2.75) is 19.3 Å². The highest BCUT2D eigenvalue weighted by Crippen LogP contribution is 2.23. The zero-order valence-corrected chi connectivity index (χ0v) is 14.2. The molecule has 4 heteroatoms. The summed E-state index contributed by atoms with van der Waals surface area (Å²) in [5.41, 5.74) is 1.73. The van der Waals surface area contributed by atoms with Gasteiger partial charge in [-0.2, -0.15) is 0 Å². The van der Waals surface area contributed by atoms with Gasteiger partial charge in [0, 0.05) is 29.6 Å². The second-order valence-electron chi connectivity index (χ2n) is 6.19. The van der Waals surface area contributed by atoms with E-state index in [9.17, 15) is 9.59 Å². The summed E-state index contributed by atoms with van der Waals surface area (Å²) in [6, 6.07) is 16.8. The standard InChI is InChI=1S/C20H20ClNO2/c21-18-8-6-16(7-9-18)20(24)17-10-12-22(13-11-17)19(23)14-15-4-2-1-3-5-15/h1-9,17H,10-14H2. The number of hydrogen-bond acceptors (Lipinski definition) is 2. The van der Waals surface area contributed by atoms with Crippen molar-refractivity contribution in [2.24, 2.45) is 5.92 Å². The zero-order chi connectivity index (χ0) is 16.9. The van der Waals surface area contributed by atoms with Gasteiger partial charge in [0.1, 0.15) is 0 Å². The van der Waals surface area contributed by atoms with E-state index >= 15 is 0 Å². The fourth-order valence-corrected chi connectivity index (χ4v) is 3.25. The molecule has 2 aromatic carbocycles. The first-order valence-electron chi connectivity index (χ1n) is 8.25. The molecular weight excluding hydrogens is 322 g/mol. The third kappa shape index (κ3) is 4.04. The van der Waals surface area contributed by atoms with Crippen molar-refractivity contribution < 1.29 is 9.59 Å². The van der Waals surface area contributed by atoms with Gasteiger partial charge in [-0.25, -0.2) is 0 Å². The molecule has 1 fully saturated rings. The molecule has 0 N–H and O–H groups in total. The maximum Gasteiger partial charge on any atom is 0.226 e. The average Bonchev–Trinajstić information content (AvgIpc) is 2.63. The highest BCUT2D eigenvalue weighted by Gasteiger charge is 2.27. The van der Waals surface area contributed by atoms with Crippen molar-refractivity contribution in [3.63, 3.8) is 0 Å². The third-order valence-corrected chi connectivity index (χ3v) is 4.80. The summed E-state index contributed by atoms with van der Waals surface area (Å²) in [4.78, 5) is 26.8. The first-order chi connectivity index (χ1) is 11.6. The number of carbonyl (C=O) groups excluding carboxylic acids is 2. The largest absolute Gasteiger partial charge is 0.342 e. The molecule has 0 aromatic heterocycles. The van der Waals surface area contributed by atoms with Crippen LogP contribution in [0.25, 0.3) is 0 Å². The lowest BCUT2D eigenvalue weighted by Crippen LogP contribution is -2.41. The van der Waals surface area contributed by atoms with Crippen LogP contribution in [-0.2, 0) is 11.2 Å². The molecule has 0 saturated carbocycles. The number of rotatable bonds is 4. The number of Topliss-reactive ketones (excluding diaryl/α,β-unsaturated/α-hetero) is 1. The van der Waals surface area contributed by atoms with Gasteiger partial charge in [-0.1, -0.05) is 41.9 Å². The minimum Gasteiger partial charge on any atom is -0.342 e. The van der Waals surface area contributed by atoms with Gasteiger partial charge < -0.3 is 4.90 Å². The van der Waals surface area contributed by atoms with Crippen LogP contribution < -0.4 is 0 Å². The lowest BCUT2D eigenvalue weighted by Gasteiger charge is -2.31. The molecule has 0 radical (unpaired) electrons. The van der Waals surface area contributed by atoms with E-state index < -0.39 is 0 Å². The Labute approximate surface area is 147 Å². The molecule has 24 heavy (non-hydrogen) atoms. The smallest absolute Gasteiger partial charge is 0.226 e. The number of benzene rings is 2. The Bertz CT molecular complexity index is 704. The Balaban J connectivity index is 1.54. The summed E-state index contributed by atoms with van der Waals surface area (Å²) < 4.78 is 0. The Morgan fingerprint density at radius 2 is 1.58 bits per heavy atom. The Morgan fingerprint density at radius 1 is 0.958 bits per heavy atom. The molecule has 3 rings (SSSR count). The molecule has 0 aliphatic carbocycles. The minimum atomic E-state index is -0.00745. The van der Waals surface area contributed by atoms with Crippen LogP contribution in [0, 0.1) is 5.92 Å². The van der Waals surface area contributed by atoms with Crippen molar-refractivity contribution in [2.75, 3.05) is 13.1 Å². The van der Waals surface area contributed by atoms with Gasteiger partial charge in [0.15, 0.2) is 5.78 Å². The van der Waals surface area contributed by atoms with E-state index in [4.69, 9.17) is 11.6 Å². The van der Waals surface area contributed by atoms with Gasteiger partial charge >= 0.3 is 0 Å². The van der Waals surface area contributed by atoms with E-state index in [-0.39, 0.29) is 17.6 Å². The lowest BCUT2D eigenvalue weighted by molar-refractivity contribution is -0.131. The van der Waals surface area contributed by atoms with Gasteiger partial charge in [-0.15, -0.1) is 0 Å². The number of halogens is 1. The molecule has 0 atom stereocenters. The quantitative estimate of drug-likeness (QED) is 0.788. The normalized spacial score (nSPS) is 15.3. The van der Waals surface area contributed by atoms with Crippen molar-refractivity contribution >= 4 is 23.3 Å². The van der Waals surface area contributed by atoms with Crippen LogP contribution >= 0.6 is 11.6 Å². The molecule has 0 spiro atoms. The fraction of sp³-hybridized carbons (Fsp3) is 0.300. The van der Waals surface area contributed by atoms with Crippen LogP contribution in [0.1, 0.15) is 28.8 Å². The van der Waals surface area contributed by atoms with Crippen LogP contribution in [0.3, 0.4) is 0 Å². The van der Waals surface area contributed by atoms with Crippen LogP contribution in [0.15, 0.2) is 54.6 Å². The maximum absolute atomic E-state index is 12.5. The first-order valence-corrected chi connectivity index (χ1v) is 8.63. The Kier molecular flexibility index (Phi) is 5.31. The molecule has 0 unspecified atom stereocenters. The monoisotopic (exact) mass is 341 g/mol. The van der Waals surface area contributed by atoms with E-state index in [1.165, 1.54) is 0 Å². The minimum absolute atomic E-state index is 0.00745. The molecule has 2 aromatic rings. The molecule has 3 nitrogen and oxygen atoms in total. The topological polar surface area (TPSA) is 37.4 Å². The van der Waals surface area contributed by atoms with E-state index in [1.807, 2.05) is 35.2 Å². The first kappa shape index (κ1) is 16.7. The highest BCUT2D eigenvalue weighted by atomic mass is 35.5. The number of hydrogen-bond donors (Lipinski definition) is 0. The van der Waals surface area contributed by atoms with E-state index in [2.05, 4.69) is 0 Å². The number of piperidine rings is 1. The fourth-order valence-electron chi connectivity index (χ4n) is 3.12. The van der Waals surface area contributed by atoms with Gasteiger partial charge in [-0.3, -0.25) is 9.59 Å². The Hall–Kier alpha value is -2.13. The molecule has 1 heterocycles. The summed E-state index contributed by atoms with van der Waals surface area (Å²) in [7, 11) is 0. The number of likely N-dealkylation sites (tertiary alicyclic amines) is 1. The second-order valence-corrected chi connectivity index (χ2v) is 6.63. The molecule has 1 saturated heterocycles. The van der Waals surface area contributed by atoms with E-state index in [0.717, 1.165) is 18.4 Å². The molecular formula is C20H20ClNO2. The van der Waals surface area contributed by atoms with Crippen LogP contribution in [0.5, 0.6) is 0 Å². The summed E-state index contributed by atoms with van der Waals surface area (Å²) >= 11 is 5.87. The van der Waals surface area contributed by atoms with Crippen LogP contribution in [-0.4, -0.2) is 29.7 Å². The van der Waals surface area contributed by atoms with Crippen molar-refractivity contribution in [3.8, 4) is 0 Å². The van der Waals surface area contributed by atoms with Gasteiger partial charge in [0.05, 0.1) is 6.42 Å². The lowest BCUT2D eigenvalue weighted by atomic mass is 9.88. The molecule has 1 amide bonds. The van der Waals surface area contributed by atoms with Crippen molar-refractivity contribution in [1.29, 1.82) is 0 Å². The highest BCUT2D eigenvalue weighted by molar-refractivity contribution is 6.30.